The van der Waals surface area contributed by atoms with Crippen molar-refractivity contribution in [3.8, 4) is 0 Å². The van der Waals surface area contributed by atoms with Crippen LogP contribution in [0.4, 0.5) is 4.39 Å². The van der Waals surface area contributed by atoms with Gasteiger partial charge < -0.3 is 4.90 Å². The highest BCUT2D eigenvalue weighted by Crippen LogP contribution is 2.29. The fourth-order valence-corrected chi connectivity index (χ4v) is 1.67. The molecule has 0 atom stereocenters. The molecule has 0 bridgehead atoms. The first-order valence-corrected chi connectivity index (χ1v) is 4.24. The summed E-state index contributed by atoms with van der Waals surface area (Å²) in [6.07, 6.45) is 3.76. The molecule has 58 valence electrons. The molecule has 2 heteroatoms. The van der Waals surface area contributed by atoms with E-state index >= 15 is 0 Å². The molecule has 0 amide bonds. The zero-order valence-corrected chi connectivity index (χ0v) is 6.22. The summed E-state index contributed by atoms with van der Waals surface area (Å²) in [6, 6.07) is 0.840. The van der Waals surface area contributed by atoms with Crippen molar-refractivity contribution in [2.24, 2.45) is 0 Å². The third kappa shape index (κ3) is 1.31. The Morgan fingerprint density at radius 3 is 2.10 bits per heavy atom. The van der Waals surface area contributed by atoms with Crippen molar-refractivity contribution in [1.82, 2.24) is 4.90 Å². The lowest BCUT2D eigenvalue weighted by Gasteiger charge is -2.28. The van der Waals surface area contributed by atoms with Crippen LogP contribution in [0.25, 0.3) is 0 Å². The van der Waals surface area contributed by atoms with Gasteiger partial charge in [0.15, 0.2) is 0 Å². The Morgan fingerprint density at radius 2 is 1.60 bits per heavy atom. The molecule has 1 aliphatic carbocycles. The van der Waals surface area contributed by atoms with Crippen LogP contribution in [-0.4, -0.2) is 30.2 Å². The fraction of sp³-hybridized carbons (Fsp3) is 1.00. The Morgan fingerprint density at radius 1 is 1.00 bits per heavy atom. The van der Waals surface area contributed by atoms with Crippen LogP contribution in [0.5, 0.6) is 0 Å². The number of hydrogen-bond acceptors (Lipinski definition) is 1. The summed E-state index contributed by atoms with van der Waals surface area (Å²) in [5.41, 5.74) is 0. The van der Waals surface area contributed by atoms with Crippen molar-refractivity contribution in [3.63, 3.8) is 0 Å². The van der Waals surface area contributed by atoms with Gasteiger partial charge >= 0.3 is 0 Å². The first-order chi connectivity index (χ1) is 4.86. The van der Waals surface area contributed by atoms with Crippen molar-refractivity contribution in [3.05, 3.63) is 0 Å². The summed E-state index contributed by atoms with van der Waals surface area (Å²) in [5, 5.41) is 0. The molecule has 0 N–H and O–H groups in total. The van der Waals surface area contributed by atoms with Gasteiger partial charge in [-0.1, -0.05) is 0 Å². The van der Waals surface area contributed by atoms with E-state index < -0.39 is 6.17 Å². The van der Waals surface area contributed by atoms with Crippen LogP contribution in [0.3, 0.4) is 0 Å². The van der Waals surface area contributed by atoms with Crippen LogP contribution in [0.1, 0.15) is 25.7 Å². The molecule has 2 aliphatic rings. The van der Waals surface area contributed by atoms with Crippen LogP contribution in [0.15, 0.2) is 0 Å². The van der Waals surface area contributed by atoms with Crippen LogP contribution < -0.4 is 0 Å². The van der Waals surface area contributed by atoms with Crippen molar-refractivity contribution in [2.45, 2.75) is 37.9 Å². The van der Waals surface area contributed by atoms with Crippen LogP contribution in [0, 0.1) is 0 Å². The first-order valence-electron chi connectivity index (χ1n) is 4.24. The minimum atomic E-state index is -0.505. The monoisotopic (exact) mass is 143 g/mol. The highest BCUT2D eigenvalue weighted by atomic mass is 19.1. The molecule has 2 fully saturated rings. The molecule has 1 heterocycles. The minimum absolute atomic E-state index is 0.505. The topological polar surface area (TPSA) is 3.24 Å². The second-order valence-electron chi connectivity index (χ2n) is 3.44. The SMILES string of the molecule is FC1CCN(C2CC2)CC1. The van der Waals surface area contributed by atoms with E-state index in [2.05, 4.69) is 4.90 Å². The quantitative estimate of drug-likeness (QED) is 0.538. The fourth-order valence-electron chi connectivity index (χ4n) is 1.67. The van der Waals surface area contributed by atoms with E-state index in [0.29, 0.717) is 0 Å². The van der Waals surface area contributed by atoms with E-state index in [4.69, 9.17) is 0 Å². The van der Waals surface area contributed by atoms with Crippen LogP contribution >= 0.6 is 0 Å². The number of nitrogens with zero attached hydrogens (tertiary/aromatic N) is 1. The van der Waals surface area contributed by atoms with Crippen molar-refractivity contribution in [2.75, 3.05) is 13.1 Å². The van der Waals surface area contributed by atoms with Gasteiger partial charge in [0.25, 0.3) is 0 Å². The van der Waals surface area contributed by atoms with Gasteiger partial charge in [0.05, 0.1) is 0 Å². The van der Waals surface area contributed by atoms with Gasteiger partial charge in [-0.25, -0.2) is 4.39 Å². The first kappa shape index (κ1) is 6.59. The molecular weight excluding hydrogens is 129 g/mol. The summed E-state index contributed by atoms with van der Waals surface area (Å²) >= 11 is 0. The number of piperidine rings is 1. The molecule has 2 rings (SSSR count). The number of rotatable bonds is 1. The molecule has 0 radical (unpaired) electrons. The molecule has 0 aromatic heterocycles. The smallest absolute Gasteiger partial charge is 0.103 e. The second-order valence-corrected chi connectivity index (χ2v) is 3.44. The van der Waals surface area contributed by atoms with Gasteiger partial charge in [-0.15, -0.1) is 0 Å². The Labute approximate surface area is 61.2 Å². The maximum Gasteiger partial charge on any atom is 0.103 e. The summed E-state index contributed by atoms with van der Waals surface area (Å²) in [6.45, 7) is 2.01. The number of alkyl halides is 1. The summed E-state index contributed by atoms with van der Waals surface area (Å²) in [5.74, 6) is 0. The summed E-state index contributed by atoms with van der Waals surface area (Å²) in [7, 11) is 0. The van der Waals surface area contributed by atoms with Crippen molar-refractivity contribution < 1.29 is 4.39 Å². The Balaban J connectivity index is 1.79. The molecule has 0 aromatic rings. The predicted octanol–water partition coefficient (Wildman–Crippen LogP) is 1.58. The third-order valence-corrected chi connectivity index (χ3v) is 2.52. The van der Waals surface area contributed by atoms with Crippen molar-refractivity contribution in [1.29, 1.82) is 0 Å². The Bertz CT molecular complexity index is 114. The van der Waals surface area contributed by atoms with Gasteiger partial charge in [0, 0.05) is 19.1 Å². The van der Waals surface area contributed by atoms with Crippen LogP contribution in [0.2, 0.25) is 0 Å². The molecule has 0 spiro atoms. The number of hydrogen-bond donors (Lipinski definition) is 0. The average Bonchev–Trinajstić information content (AvgIpc) is 2.71. The Kier molecular flexibility index (Phi) is 1.65. The van der Waals surface area contributed by atoms with E-state index in [9.17, 15) is 4.39 Å². The molecule has 0 aromatic carbocycles. The van der Waals surface area contributed by atoms with Gasteiger partial charge in [-0.2, -0.15) is 0 Å². The highest BCUT2D eigenvalue weighted by molar-refractivity contribution is 4.87. The molecule has 1 aliphatic heterocycles. The predicted molar refractivity (Wildman–Crippen MR) is 38.7 cm³/mol. The minimum Gasteiger partial charge on any atom is -0.300 e. The molecule has 10 heavy (non-hydrogen) atoms. The Hall–Kier alpha value is -0.110. The second kappa shape index (κ2) is 2.50. The van der Waals surface area contributed by atoms with E-state index in [0.717, 1.165) is 32.0 Å². The number of likely N-dealkylation sites (tertiary alicyclic amines) is 1. The maximum atomic E-state index is 12.6. The van der Waals surface area contributed by atoms with E-state index in [1.807, 2.05) is 0 Å². The molecule has 1 saturated carbocycles. The lowest BCUT2D eigenvalue weighted by Crippen LogP contribution is -2.35. The van der Waals surface area contributed by atoms with Crippen LogP contribution in [-0.2, 0) is 0 Å². The third-order valence-electron chi connectivity index (χ3n) is 2.52. The highest BCUT2D eigenvalue weighted by Gasteiger charge is 2.31. The standard InChI is InChI=1S/C8H14FN/c9-7-3-5-10(6-4-7)8-1-2-8/h7-8H,1-6H2. The van der Waals surface area contributed by atoms with Gasteiger partial charge in [-0.05, 0) is 25.7 Å². The average molecular weight is 143 g/mol. The zero-order valence-electron chi connectivity index (χ0n) is 6.22. The molecule has 0 unspecified atom stereocenters. The van der Waals surface area contributed by atoms with E-state index in [1.165, 1.54) is 12.8 Å². The lowest BCUT2D eigenvalue weighted by atomic mass is 10.1. The summed E-state index contributed by atoms with van der Waals surface area (Å²) in [4.78, 5) is 2.44. The normalized spacial score (nSPS) is 30.9. The van der Waals surface area contributed by atoms with E-state index in [1.54, 1.807) is 0 Å². The lowest BCUT2D eigenvalue weighted by molar-refractivity contribution is 0.145. The molecule has 1 saturated heterocycles. The van der Waals surface area contributed by atoms with Gasteiger partial charge in [0.2, 0.25) is 0 Å². The maximum absolute atomic E-state index is 12.6. The van der Waals surface area contributed by atoms with Gasteiger partial charge in [0.1, 0.15) is 6.17 Å². The molecular formula is C8H14FN. The zero-order chi connectivity index (χ0) is 6.97. The molecule has 1 nitrogen and oxygen atoms in total. The largest absolute Gasteiger partial charge is 0.300 e. The van der Waals surface area contributed by atoms with Crippen molar-refractivity contribution >= 4 is 0 Å². The number of halogens is 1. The van der Waals surface area contributed by atoms with E-state index in [-0.39, 0.29) is 0 Å². The van der Waals surface area contributed by atoms with Gasteiger partial charge in [-0.3, -0.25) is 0 Å². The summed E-state index contributed by atoms with van der Waals surface area (Å²) < 4.78 is 12.6.